The lowest BCUT2D eigenvalue weighted by Gasteiger charge is -2.31. The lowest BCUT2D eigenvalue weighted by atomic mass is 9.85. The Labute approximate surface area is 154 Å². The Morgan fingerprint density at radius 2 is 1.92 bits per heavy atom. The molecule has 0 atom stereocenters. The Morgan fingerprint density at radius 1 is 1.12 bits per heavy atom. The average Bonchev–Trinajstić information content (AvgIpc) is 3.16. The van der Waals surface area contributed by atoms with Gasteiger partial charge in [-0.25, -0.2) is 0 Å². The standard InChI is InChI=1S/C20H28N4O2/c25-20(15-3-6-19-16(11-15)13-22-24-19)23-18-4-1-14(2-5-18)12-21-17-7-9-26-10-8-17/h3,6,11,13-14,17-18,21H,1-2,4-5,7-10,12H2,(H,22,24)(H,23,25). The maximum absolute atomic E-state index is 12.5. The zero-order valence-corrected chi connectivity index (χ0v) is 15.2. The molecule has 0 unspecified atom stereocenters. The number of hydrogen-bond donors (Lipinski definition) is 3. The molecular weight excluding hydrogens is 328 g/mol. The number of rotatable bonds is 5. The van der Waals surface area contributed by atoms with Crippen molar-refractivity contribution in [2.75, 3.05) is 19.8 Å². The van der Waals surface area contributed by atoms with E-state index in [0.717, 1.165) is 62.3 Å². The van der Waals surface area contributed by atoms with Crippen LogP contribution in [0.1, 0.15) is 48.9 Å². The summed E-state index contributed by atoms with van der Waals surface area (Å²) in [5, 5.41) is 14.8. The summed E-state index contributed by atoms with van der Waals surface area (Å²) in [6.45, 7) is 2.88. The first kappa shape index (κ1) is 17.5. The Bertz CT molecular complexity index is 730. The smallest absolute Gasteiger partial charge is 0.251 e. The van der Waals surface area contributed by atoms with E-state index in [-0.39, 0.29) is 5.91 Å². The quantitative estimate of drug-likeness (QED) is 0.769. The Kier molecular flexibility index (Phi) is 5.51. The molecule has 3 N–H and O–H groups in total. The third-order valence-electron chi connectivity index (χ3n) is 5.80. The predicted molar refractivity (Wildman–Crippen MR) is 101 cm³/mol. The van der Waals surface area contributed by atoms with Gasteiger partial charge in [-0.15, -0.1) is 0 Å². The second-order valence-electron chi connectivity index (χ2n) is 7.66. The molecule has 2 aliphatic rings. The zero-order chi connectivity index (χ0) is 17.8. The predicted octanol–water partition coefficient (Wildman–Crippen LogP) is 2.62. The number of nitrogens with zero attached hydrogens (tertiary/aromatic N) is 1. The highest BCUT2D eigenvalue weighted by Gasteiger charge is 2.24. The molecule has 26 heavy (non-hydrogen) atoms. The number of carbonyl (C=O) groups excluding carboxylic acids is 1. The molecule has 4 rings (SSSR count). The molecule has 1 aromatic heterocycles. The average molecular weight is 356 g/mol. The summed E-state index contributed by atoms with van der Waals surface area (Å²) < 4.78 is 5.41. The lowest BCUT2D eigenvalue weighted by molar-refractivity contribution is 0.0760. The third-order valence-corrected chi connectivity index (χ3v) is 5.80. The van der Waals surface area contributed by atoms with Gasteiger partial charge in [0.1, 0.15) is 0 Å². The molecule has 1 aliphatic heterocycles. The number of aromatic amines is 1. The van der Waals surface area contributed by atoms with E-state index < -0.39 is 0 Å². The van der Waals surface area contributed by atoms with Crippen LogP contribution in [-0.4, -0.2) is 47.9 Å². The van der Waals surface area contributed by atoms with Gasteiger partial charge >= 0.3 is 0 Å². The van der Waals surface area contributed by atoms with Crippen LogP contribution in [0.3, 0.4) is 0 Å². The second kappa shape index (κ2) is 8.18. The number of nitrogens with one attached hydrogen (secondary N) is 3. The van der Waals surface area contributed by atoms with Crippen LogP contribution in [0, 0.1) is 5.92 Å². The number of hydrogen-bond acceptors (Lipinski definition) is 4. The van der Waals surface area contributed by atoms with Gasteiger partial charge in [-0.1, -0.05) is 0 Å². The van der Waals surface area contributed by atoms with Crippen molar-refractivity contribution in [3.63, 3.8) is 0 Å². The van der Waals surface area contributed by atoms with Gasteiger partial charge in [0, 0.05) is 36.2 Å². The van der Waals surface area contributed by atoms with Crippen LogP contribution in [-0.2, 0) is 4.74 Å². The Morgan fingerprint density at radius 3 is 2.73 bits per heavy atom. The SMILES string of the molecule is O=C(NC1CCC(CNC2CCOCC2)CC1)c1ccc2[nH]ncc2c1. The monoisotopic (exact) mass is 356 g/mol. The summed E-state index contributed by atoms with van der Waals surface area (Å²) in [5.41, 5.74) is 1.67. The van der Waals surface area contributed by atoms with E-state index >= 15 is 0 Å². The van der Waals surface area contributed by atoms with Crippen molar-refractivity contribution in [2.24, 2.45) is 5.92 Å². The van der Waals surface area contributed by atoms with E-state index in [1.807, 2.05) is 18.2 Å². The minimum absolute atomic E-state index is 0.0249. The third kappa shape index (κ3) is 4.24. The van der Waals surface area contributed by atoms with Gasteiger partial charge in [-0.3, -0.25) is 9.89 Å². The highest BCUT2D eigenvalue weighted by molar-refractivity contribution is 5.97. The summed E-state index contributed by atoms with van der Waals surface area (Å²) in [6, 6.07) is 6.59. The normalized spacial score (nSPS) is 24.6. The van der Waals surface area contributed by atoms with Gasteiger partial charge in [-0.2, -0.15) is 5.10 Å². The van der Waals surface area contributed by atoms with Crippen LogP contribution >= 0.6 is 0 Å². The molecule has 0 spiro atoms. The fourth-order valence-corrected chi connectivity index (χ4v) is 4.10. The van der Waals surface area contributed by atoms with E-state index in [4.69, 9.17) is 4.74 Å². The molecule has 1 amide bonds. The first-order valence-electron chi connectivity index (χ1n) is 9.83. The van der Waals surface area contributed by atoms with Crippen LogP contribution in [0.4, 0.5) is 0 Å². The molecule has 0 radical (unpaired) electrons. The lowest BCUT2D eigenvalue weighted by Crippen LogP contribution is -2.41. The summed E-state index contributed by atoms with van der Waals surface area (Å²) in [7, 11) is 0. The summed E-state index contributed by atoms with van der Waals surface area (Å²) >= 11 is 0. The number of ether oxygens (including phenoxy) is 1. The molecule has 6 heteroatoms. The molecule has 2 heterocycles. The maximum atomic E-state index is 12.5. The van der Waals surface area contributed by atoms with E-state index in [2.05, 4.69) is 20.8 Å². The van der Waals surface area contributed by atoms with Gasteiger partial charge in [-0.05, 0) is 69.2 Å². The topological polar surface area (TPSA) is 79.0 Å². The molecule has 2 fully saturated rings. The Hall–Kier alpha value is -1.92. The fraction of sp³-hybridized carbons (Fsp3) is 0.600. The summed E-state index contributed by atoms with van der Waals surface area (Å²) in [5.74, 6) is 0.755. The number of carbonyl (C=O) groups is 1. The highest BCUT2D eigenvalue weighted by atomic mass is 16.5. The van der Waals surface area contributed by atoms with E-state index in [9.17, 15) is 4.79 Å². The molecular formula is C20H28N4O2. The molecule has 2 aromatic rings. The van der Waals surface area contributed by atoms with Gasteiger partial charge in [0.25, 0.3) is 5.91 Å². The number of amides is 1. The van der Waals surface area contributed by atoms with Gasteiger partial charge < -0.3 is 15.4 Å². The number of benzene rings is 1. The van der Waals surface area contributed by atoms with Crippen molar-refractivity contribution in [1.82, 2.24) is 20.8 Å². The largest absolute Gasteiger partial charge is 0.381 e. The second-order valence-corrected chi connectivity index (χ2v) is 7.66. The van der Waals surface area contributed by atoms with Crippen molar-refractivity contribution >= 4 is 16.8 Å². The van der Waals surface area contributed by atoms with Crippen molar-refractivity contribution < 1.29 is 9.53 Å². The van der Waals surface area contributed by atoms with E-state index in [0.29, 0.717) is 17.6 Å². The first-order valence-corrected chi connectivity index (χ1v) is 9.83. The van der Waals surface area contributed by atoms with Crippen LogP contribution in [0.25, 0.3) is 10.9 Å². The van der Waals surface area contributed by atoms with Crippen LogP contribution in [0.5, 0.6) is 0 Å². The van der Waals surface area contributed by atoms with Crippen LogP contribution in [0.15, 0.2) is 24.4 Å². The van der Waals surface area contributed by atoms with Crippen molar-refractivity contribution in [1.29, 1.82) is 0 Å². The maximum Gasteiger partial charge on any atom is 0.251 e. The molecule has 1 aromatic carbocycles. The van der Waals surface area contributed by atoms with Crippen molar-refractivity contribution in [3.05, 3.63) is 30.0 Å². The molecule has 1 aliphatic carbocycles. The zero-order valence-electron chi connectivity index (χ0n) is 15.2. The molecule has 0 bridgehead atoms. The number of aromatic nitrogens is 2. The number of H-pyrrole nitrogens is 1. The van der Waals surface area contributed by atoms with E-state index in [1.54, 1.807) is 6.20 Å². The molecule has 140 valence electrons. The van der Waals surface area contributed by atoms with Crippen LogP contribution < -0.4 is 10.6 Å². The molecule has 1 saturated carbocycles. The van der Waals surface area contributed by atoms with Crippen molar-refractivity contribution in [3.8, 4) is 0 Å². The Balaban J connectivity index is 1.22. The van der Waals surface area contributed by atoms with E-state index in [1.165, 1.54) is 12.8 Å². The minimum atomic E-state index is 0.0249. The van der Waals surface area contributed by atoms with Gasteiger partial charge in [0.15, 0.2) is 0 Å². The van der Waals surface area contributed by atoms with Gasteiger partial charge in [0.05, 0.1) is 11.7 Å². The first-order chi connectivity index (χ1) is 12.8. The summed E-state index contributed by atoms with van der Waals surface area (Å²) in [6.07, 6.45) is 8.52. The molecule has 6 nitrogen and oxygen atoms in total. The summed E-state index contributed by atoms with van der Waals surface area (Å²) in [4.78, 5) is 12.5. The number of fused-ring (bicyclic) bond motifs is 1. The molecule has 1 saturated heterocycles. The van der Waals surface area contributed by atoms with Crippen LogP contribution in [0.2, 0.25) is 0 Å². The van der Waals surface area contributed by atoms with Crippen molar-refractivity contribution in [2.45, 2.75) is 50.6 Å². The fourth-order valence-electron chi connectivity index (χ4n) is 4.10. The minimum Gasteiger partial charge on any atom is -0.381 e. The van der Waals surface area contributed by atoms with Gasteiger partial charge in [0.2, 0.25) is 0 Å². The highest BCUT2D eigenvalue weighted by Crippen LogP contribution is 2.24.